The highest BCUT2D eigenvalue weighted by Gasteiger charge is 2.15. The third kappa shape index (κ3) is 3.59. The van der Waals surface area contributed by atoms with E-state index in [1.54, 1.807) is 7.11 Å². The van der Waals surface area contributed by atoms with E-state index in [0.717, 1.165) is 23.7 Å². The van der Waals surface area contributed by atoms with Crippen LogP contribution < -0.4 is 4.74 Å². The van der Waals surface area contributed by atoms with Crippen molar-refractivity contribution in [2.75, 3.05) is 7.11 Å². The maximum atomic E-state index is 12.1. The van der Waals surface area contributed by atoms with E-state index < -0.39 is 0 Å². The number of hydrogen-bond donors (Lipinski definition) is 0. The molecule has 98 valence electrons. The summed E-state index contributed by atoms with van der Waals surface area (Å²) in [6, 6.07) is 7.47. The Balaban J connectivity index is 1.86. The molecule has 2 rings (SSSR count). The Bertz CT molecular complexity index is 392. The minimum atomic E-state index is 0.250. The standard InChI is InChI=1S/C16H22O2/c1-18-15-9-5-8-14(12-15)16(17)11-10-13-6-3-2-4-7-13/h5,8-9,12-13H,2-4,6-7,10-11H2,1H3. The Kier molecular flexibility index (Phi) is 4.80. The average molecular weight is 246 g/mol. The van der Waals surface area contributed by atoms with Crippen molar-refractivity contribution >= 4 is 5.78 Å². The molecule has 1 fully saturated rings. The zero-order chi connectivity index (χ0) is 12.8. The molecule has 0 heterocycles. The maximum absolute atomic E-state index is 12.1. The molecular weight excluding hydrogens is 224 g/mol. The van der Waals surface area contributed by atoms with Gasteiger partial charge >= 0.3 is 0 Å². The molecule has 18 heavy (non-hydrogen) atoms. The molecule has 0 unspecified atom stereocenters. The molecule has 0 N–H and O–H groups in total. The lowest BCUT2D eigenvalue weighted by Crippen LogP contribution is -2.09. The molecule has 0 spiro atoms. The Morgan fingerprint density at radius 2 is 2.06 bits per heavy atom. The van der Waals surface area contributed by atoms with Gasteiger partial charge in [0.05, 0.1) is 7.11 Å². The van der Waals surface area contributed by atoms with Crippen molar-refractivity contribution in [3.8, 4) is 5.75 Å². The highest BCUT2D eigenvalue weighted by Crippen LogP contribution is 2.28. The zero-order valence-corrected chi connectivity index (χ0v) is 11.2. The number of ketones is 1. The Hall–Kier alpha value is -1.31. The average Bonchev–Trinajstić information content (AvgIpc) is 2.46. The van der Waals surface area contributed by atoms with Crippen molar-refractivity contribution in [1.82, 2.24) is 0 Å². The van der Waals surface area contributed by atoms with E-state index in [0.29, 0.717) is 6.42 Å². The number of rotatable bonds is 5. The summed E-state index contributed by atoms with van der Waals surface area (Å²) in [7, 11) is 1.63. The third-order valence-corrected chi connectivity index (χ3v) is 3.90. The molecule has 1 saturated carbocycles. The van der Waals surface area contributed by atoms with Gasteiger partial charge < -0.3 is 4.74 Å². The lowest BCUT2D eigenvalue weighted by atomic mass is 9.85. The van der Waals surface area contributed by atoms with E-state index in [1.165, 1.54) is 32.1 Å². The molecule has 2 heteroatoms. The van der Waals surface area contributed by atoms with Gasteiger partial charge in [-0.2, -0.15) is 0 Å². The first-order chi connectivity index (χ1) is 8.79. The van der Waals surface area contributed by atoms with Crippen LogP contribution in [0, 0.1) is 5.92 Å². The van der Waals surface area contributed by atoms with Gasteiger partial charge in [0.2, 0.25) is 0 Å². The molecule has 0 bridgehead atoms. The van der Waals surface area contributed by atoms with Gasteiger partial charge in [-0.1, -0.05) is 44.2 Å². The van der Waals surface area contributed by atoms with Gasteiger partial charge in [0.1, 0.15) is 5.75 Å². The van der Waals surface area contributed by atoms with Gasteiger partial charge in [-0.15, -0.1) is 0 Å². The fraction of sp³-hybridized carbons (Fsp3) is 0.562. The number of carbonyl (C=O) groups is 1. The van der Waals surface area contributed by atoms with Crippen LogP contribution in [0.3, 0.4) is 0 Å². The number of carbonyl (C=O) groups excluding carboxylic acids is 1. The number of benzene rings is 1. The molecule has 0 saturated heterocycles. The predicted molar refractivity (Wildman–Crippen MR) is 73.1 cm³/mol. The van der Waals surface area contributed by atoms with E-state index in [4.69, 9.17) is 4.74 Å². The number of ether oxygens (including phenoxy) is 1. The monoisotopic (exact) mass is 246 g/mol. The van der Waals surface area contributed by atoms with Crippen LogP contribution in [0.4, 0.5) is 0 Å². The molecular formula is C16H22O2. The SMILES string of the molecule is COc1cccc(C(=O)CCC2CCCCC2)c1. The van der Waals surface area contributed by atoms with Gasteiger partial charge in [0, 0.05) is 12.0 Å². The van der Waals surface area contributed by atoms with Gasteiger partial charge in [-0.25, -0.2) is 0 Å². The van der Waals surface area contributed by atoms with Crippen molar-refractivity contribution in [1.29, 1.82) is 0 Å². The van der Waals surface area contributed by atoms with Crippen molar-refractivity contribution in [3.63, 3.8) is 0 Å². The molecule has 1 aliphatic rings. The minimum absolute atomic E-state index is 0.250. The molecule has 0 atom stereocenters. The number of methoxy groups -OCH3 is 1. The van der Waals surface area contributed by atoms with Gasteiger partial charge in [0.25, 0.3) is 0 Å². The van der Waals surface area contributed by atoms with E-state index in [-0.39, 0.29) is 5.78 Å². The van der Waals surface area contributed by atoms with Gasteiger partial charge in [-0.3, -0.25) is 4.79 Å². The van der Waals surface area contributed by atoms with Crippen LogP contribution in [0.15, 0.2) is 24.3 Å². The summed E-state index contributed by atoms with van der Waals surface area (Å²) in [6.07, 6.45) is 8.42. The molecule has 1 aliphatic carbocycles. The molecule has 1 aromatic carbocycles. The van der Waals surface area contributed by atoms with E-state index >= 15 is 0 Å². The Morgan fingerprint density at radius 3 is 2.78 bits per heavy atom. The van der Waals surface area contributed by atoms with Crippen LogP contribution in [0.2, 0.25) is 0 Å². The van der Waals surface area contributed by atoms with E-state index in [2.05, 4.69) is 0 Å². The summed E-state index contributed by atoms with van der Waals surface area (Å²) < 4.78 is 5.15. The number of hydrogen-bond acceptors (Lipinski definition) is 2. The largest absolute Gasteiger partial charge is 0.497 e. The summed E-state index contributed by atoms with van der Waals surface area (Å²) in [5.74, 6) is 1.78. The summed E-state index contributed by atoms with van der Waals surface area (Å²) in [5, 5.41) is 0. The quantitative estimate of drug-likeness (QED) is 0.726. The van der Waals surface area contributed by atoms with Gasteiger partial charge in [0.15, 0.2) is 5.78 Å². The predicted octanol–water partition coefficient (Wildman–Crippen LogP) is 4.24. The Morgan fingerprint density at radius 1 is 1.28 bits per heavy atom. The first-order valence-corrected chi connectivity index (χ1v) is 6.97. The lowest BCUT2D eigenvalue weighted by molar-refractivity contribution is 0.0970. The van der Waals surface area contributed by atoms with Crippen LogP contribution in [0.1, 0.15) is 55.3 Å². The van der Waals surface area contributed by atoms with E-state index in [1.807, 2.05) is 24.3 Å². The van der Waals surface area contributed by atoms with Crippen LogP contribution in [0.25, 0.3) is 0 Å². The summed E-state index contributed by atoms with van der Waals surface area (Å²) in [4.78, 5) is 12.1. The summed E-state index contributed by atoms with van der Waals surface area (Å²) >= 11 is 0. The zero-order valence-electron chi connectivity index (χ0n) is 11.2. The lowest BCUT2D eigenvalue weighted by Gasteiger charge is -2.20. The van der Waals surface area contributed by atoms with Crippen LogP contribution >= 0.6 is 0 Å². The molecule has 0 aromatic heterocycles. The molecule has 0 aliphatic heterocycles. The molecule has 0 amide bonds. The van der Waals surface area contributed by atoms with Gasteiger partial charge in [-0.05, 0) is 24.5 Å². The van der Waals surface area contributed by atoms with Crippen molar-refractivity contribution in [3.05, 3.63) is 29.8 Å². The molecule has 2 nitrogen and oxygen atoms in total. The Labute approximate surface area is 109 Å². The summed E-state index contributed by atoms with van der Waals surface area (Å²) in [6.45, 7) is 0. The first kappa shape index (κ1) is 13.1. The normalized spacial score (nSPS) is 16.5. The molecule has 0 radical (unpaired) electrons. The van der Waals surface area contributed by atoms with Crippen molar-refractivity contribution in [2.24, 2.45) is 5.92 Å². The van der Waals surface area contributed by atoms with Crippen molar-refractivity contribution in [2.45, 2.75) is 44.9 Å². The topological polar surface area (TPSA) is 26.3 Å². The smallest absolute Gasteiger partial charge is 0.163 e. The fourth-order valence-electron chi connectivity index (χ4n) is 2.75. The second kappa shape index (κ2) is 6.58. The highest BCUT2D eigenvalue weighted by atomic mass is 16.5. The highest BCUT2D eigenvalue weighted by molar-refractivity contribution is 5.96. The van der Waals surface area contributed by atoms with E-state index in [9.17, 15) is 4.79 Å². The minimum Gasteiger partial charge on any atom is -0.497 e. The van der Waals surface area contributed by atoms with Crippen molar-refractivity contribution < 1.29 is 9.53 Å². The third-order valence-electron chi connectivity index (χ3n) is 3.90. The van der Waals surface area contributed by atoms with Crippen LogP contribution in [-0.2, 0) is 0 Å². The molecule has 1 aromatic rings. The second-order valence-electron chi connectivity index (χ2n) is 5.20. The number of Topliss-reactive ketones (excluding diaryl/α,β-unsaturated/α-hetero) is 1. The second-order valence-corrected chi connectivity index (χ2v) is 5.20. The summed E-state index contributed by atoms with van der Waals surface area (Å²) in [5.41, 5.74) is 0.783. The van der Waals surface area contributed by atoms with Crippen LogP contribution in [-0.4, -0.2) is 12.9 Å². The first-order valence-electron chi connectivity index (χ1n) is 6.97. The fourth-order valence-corrected chi connectivity index (χ4v) is 2.75. The maximum Gasteiger partial charge on any atom is 0.163 e. The van der Waals surface area contributed by atoms with Crippen LogP contribution in [0.5, 0.6) is 5.75 Å².